The molecule has 0 aliphatic carbocycles. The smallest absolute Gasteiger partial charge is 0.294 e. The molecule has 4 aromatic rings. The van der Waals surface area contributed by atoms with Crippen LogP contribution in [0, 0.1) is 0 Å². The predicted octanol–water partition coefficient (Wildman–Crippen LogP) is 5.49. The zero-order chi connectivity index (χ0) is 25.6. The fourth-order valence-electron chi connectivity index (χ4n) is 4.23. The van der Waals surface area contributed by atoms with Crippen LogP contribution in [0.4, 0.5) is 5.69 Å². The number of benzene rings is 2. The lowest BCUT2D eigenvalue weighted by Gasteiger charge is -2.25. The lowest BCUT2D eigenvalue weighted by Crippen LogP contribution is -2.30. The van der Waals surface area contributed by atoms with Gasteiger partial charge in [0.05, 0.1) is 38.9 Å². The van der Waals surface area contributed by atoms with Gasteiger partial charge in [0.15, 0.2) is 22.9 Å². The van der Waals surface area contributed by atoms with Gasteiger partial charge in [-0.05, 0) is 24.3 Å². The van der Waals surface area contributed by atoms with Gasteiger partial charge in [0.1, 0.15) is 23.3 Å². The number of ether oxygens (including phenoxy) is 3. The third kappa shape index (κ3) is 3.74. The second kappa shape index (κ2) is 9.01. The lowest BCUT2D eigenvalue weighted by atomic mass is 9.99. The third-order valence-electron chi connectivity index (χ3n) is 5.87. The Kier molecular flexibility index (Phi) is 5.85. The van der Waals surface area contributed by atoms with Crippen LogP contribution in [0.25, 0.3) is 11.0 Å². The first-order valence-electron chi connectivity index (χ1n) is 10.7. The van der Waals surface area contributed by atoms with Crippen LogP contribution in [-0.2, 0) is 4.79 Å². The number of hydrogen-bond acceptors (Lipinski definition) is 8. The second-order valence-electron chi connectivity index (χ2n) is 7.89. The van der Waals surface area contributed by atoms with Crippen molar-refractivity contribution >= 4 is 39.9 Å². The number of amides is 1. The molecule has 0 fully saturated rings. The van der Waals surface area contributed by atoms with E-state index in [0.29, 0.717) is 38.9 Å². The van der Waals surface area contributed by atoms with Gasteiger partial charge in [-0.15, -0.1) is 0 Å². The number of carbonyl (C=O) groups excluding carboxylic acids is 2. The van der Waals surface area contributed by atoms with Gasteiger partial charge in [0.2, 0.25) is 5.78 Å². The van der Waals surface area contributed by atoms with E-state index < -0.39 is 23.5 Å². The third-order valence-corrected chi connectivity index (χ3v) is 6.09. The quantitative estimate of drug-likeness (QED) is 0.326. The first-order valence-corrected chi connectivity index (χ1v) is 11.1. The largest absolute Gasteiger partial charge is 0.503 e. The van der Waals surface area contributed by atoms with E-state index in [0.717, 1.165) is 0 Å². The summed E-state index contributed by atoms with van der Waals surface area (Å²) in [6, 6.07) is 11.6. The molecule has 1 aliphatic rings. The van der Waals surface area contributed by atoms with Crippen molar-refractivity contribution in [2.45, 2.75) is 6.04 Å². The number of halogens is 1. The van der Waals surface area contributed by atoms with E-state index in [9.17, 15) is 14.7 Å². The molecule has 0 saturated carbocycles. The van der Waals surface area contributed by atoms with Gasteiger partial charge in [-0.1, -0.05) is 11.6 Å². The summed E-state index contributed by atoms with van der Waals surface area (Å²) >= 11 is 6.15. The molecule has 9 nitrogen and oxygen atoms in total. The SMILES string of the molecule is COc1cc(OC)cc(N2C(=O)C(O)=C(C(=O)c3cc4cc(Cl)cc(OC)c4o3)C2c2ccco2)c1. The van der Waals surface area contributed by atoms with Gasteiger partial charge in [-0.2, -0.15) is 0 Å². The van der Waals surface area contributed by atoms with Crippen LogP contribution >= 0.6 is 11.6 Å². The number of anilines is 1. The van der Waals surface area contributed by atoms with Crippen LogP contribution in [-0.4, -0.2) is 38.1 Å². The van der Waals surface area contributed by atoms with Gasteiger partial charge in [0, 0.05) is 34.7 Å². The van der Waals surface area contributed by atoms with Crippen molar-refractivity contribution in [2.75, 3.05) is 26.2 Å². The van der Waals surface area contributed by atoms with E-state index in [1.54, 1.807) is 42.5 Å². The Balaban J connectivity index is 1.65. The number of hydrogen-bond donors (Lipinski definition) is 1. The maximum Gasteiger partial charge on any atom is 0.294 e. The minimum Gasteiger partial charge on any atom is -0.503 e. The molecule has 10 heteroatoms. The summed E-state index contributed by atoms with van der Waals surface area (Å²) in [5, 5.41) is 11.9. The summed E-state index contributed by atoms with van der Waals surface area (Å²) in [5.74, 6) is -0.915. The molecule has 2 aromatic carbocycles. The molecule has 1 unspecified atom stereocenters. The van der Waals surface area contributed by atoms with Crippen LogP contribution < -0.4 is 19.1 Å². The summed E-state index contributed by atoms with van der Waals surface area (Å²) in [6.07, 6.45) is 1.41. The molecule has 0 saturated heterocycles. The van der Waals surface area contributed by atoms with E-state index in [1.165, 1.54) is 38.6 Å². The molecular formula is C26H20ClNO8. The van der Waals surface area contributed by atoms with Crippen LogP contribution in [0.5, 0.6) is 17.2 Å². The van der Waals surface area contributed by atoms with Gasteiger partial charge < -0.3 is 28.2 Å². The predicted molar refractivity (Wildman–Crippen MR) is 130 cm³/mol. The van der Waals surface area contributed by atoms with Crippen molar-refractivity contribution in [2.24, 2.45) is 0 Å². The van der Waals surface area contributed by atoms with Gasteiger partial charge in [-0.25, -0.2) is 0 Å². The standard InChI is InChI=1S/C26H20ClNO8/c1-32-16-10-15(11-17(12-16)33-2)28-22(18-5-4-6-35-18)21(24(30)26(28)31)23(29)19-8-13-7-14(27)9-20(34-3)25(13)36-19/h4-12,22,30H,1-3H3. The Labute approximate surface area is 210 Å². The first-order chi connectivity index (χ1) is 17.4. The van der Waals surface area contributed by atoms with Gasteiger partial charge >= 0.3 is 0 Å². The fraction of sp³-hybridized carbons (Fsp3) is 0.154. The molecule has 5 rings (SSSR count). The highest BCUT2D eigenvalue weighted by molar-refractivity contribution is 6.31. The summed E-state index contributed by atoms with van der Waals surface area (Å²) in [4.78, 5) is 28.3. The number of ketones is 1. The summed E-state index contributed by atoms with van der Waals surface area (Å²) in [6.45, 7) is 0. The number of methoxy groups -OCH3 is 3. The number of aliphatic hydroxyl groups is 1. The number of nitrogens with zero attached hydrogens (tertiary/aromatic N) is 1. The normalized spacial score (nSPS) is 15.6. The molecule has 0 bridgehead atoms. The van der Waals surface area contributed by atoms with Crippen molar-refractivity contribution in [1.29, 1.82) is 0 Å². The van der Waals surface area contributed by atoms with Crippen molar-refractivity contribution in [1.82, 2.24) is 0 Å². The minimum absolute atomic E-state index is 0.110. The fourth-order valence-corrected chi connectivity index (χ4v) is 4.45. The molecule has 0 radical (unpaired) electrons. The number of furan rings is 2. The molecule has 2 aromatic heterocycles. The maximum absolute atomic E-state index is 13.7. The van der Waals surface area contributed by atoms with E-state index in [-0.39, 0.29) is 17.1 Å². The van der Waals surface area contributed by atoms with Crippen molar-refractivity contribution in [3.05, 3.63) is 82.7 Å². The van der Waals surface area contributed by atoms with E-state index >= 15 is 0 Å². The Bertz CT molecular complexity index is 1500. The van der Waals surface area contributed by atoms with Gasteiger partial charge in [0.25, 0.3) is 5.91 Å². The van der Waals surface area contributed by atoms with E-state index in [1.807, 2.05) is 0 Å². The highest BCUT2D eigenvalue weighted by Crippen LogP contribution is 2.44. The average Bonchev–Trinajstić information content (AvgIpc) is 3.61. The molecule has 3 heterocycles. The molecule has 1 aliphatic heterocycles. The number of Topliss-reactive ketones (excluding diaryl/α,β-unsaturated/α-hetero) is 1. The van der Waals surface area contributed by atoms with Crippen LogP contribution in [0.3, 0.4) is 0 Å². The van der Waals surface area contributed by atoms with Crippen molar-refractivity contribution in [3.63, 3.8) is 0 Å². The lowest BCUT2D eigenvalue weighted by molar-refractivity contribution is -0.117. The highest BCUT2D eigenvalue weighted by atomic mass is 35.5. The average molecular weight is 510 g/mol. The maximum atomic E-state index is 13.7. The second-order valence-corrected chi connectivity index (χ2v) is 8.33. The monoisotopic (exact) mass is 509 g/mol. The highest BCUT2D eigenvalue weighted by Gasteiger charge is 2.47. The summed E-state index contributed by atoms with van der Waals surface area (Å²) in [7, 11) is 4.40. The summed E-state index contributed by atoms with van der Waals surface area (Å²) < 4.78 is 27.4. The zero-order valence-corrected chi connectivity index (χ0v) is 20.2. The number of rotatable bonds is 7. The Morgan fingerprint density at radius 3 is 2.36 bits per heavy atom. The van der Waals surface area contributed by atoms with Crippen LogP contribution in [0.2, 0.25) is 5.02 Å². The van der Waals surface area contributed by atoms with Gasteiger partial charge in [-0.3, -0.25) is 14.5 Å². The molecular weight excluding hydrogens is 490 g/mol. The Morgan fingerprint density at radius 2 is 1.75 bits per heavy atom. The van der Waals surface area contributed by atoms with Crippen LogP contribution in [0.1, 0.15) is 22.4 Å². The van der Waals surface area contributed by atoms with E-state index in [2.05, 4.69) is 0 Å². The molecule has 36 heavy (non-hydrogen) atoms. The van der Waals surface area contributed by atoms with Crippen molar-refractivity contribution in [3.8, 4) is 17.2 Å². The molecule has 1 N–H and O–H groups in total. The summed E-state index contributed by atoms with van der Waals surface area (Å²) in [5.41, 5.74) is 0.421. The van der Waals surface area contributed by atoms with Crippen LogP contribution in [0.15, 0.2) is 75.0 Å². The first kappa shape index (κ1) is 23.4. The molecule has 0 spiro atoms. The molecule has 1 atom stereocenters. The minimum atomic E-state index is -1.09. The molecule has 1 amide bonds. The number of aliphatic hydroxyl groups excluding tert-OH is 1. The van der Waals surface area contributed by atoms with E-state index in [4.69, 9.17) is 34.6 Å². The number of carbonyl (C=O) groups is 2. The Morgan fingerprint density at radius 1 is 1.03 bits per heavy atom. The topological polar surface area (TPSA) is 112 Å². The Hall–Kier alpha value is -4.37. The zero-order valence-electron chi connectivity index (χ0n) is 19.4. The number of fused-ring (bicyclic) bond motifs is 1. The van der Waals surface area contributed by atoms with Crippen molar-refractivity contribution < 1.29 is 37.7 Å². The molecule has 184 valence electrons.